The molecule has 3 nitrogen and oxygen atoms in total. The molecule has 106 valence electrons. The molecule has 0 spiro atoms. The minimum Gasteiger partial charge on any atom is -0.380 e. The Morgan fingerprint density at radius 2 is 1.76 bits per heavy atom. The maximum absolute atomic E-state index is 13.2. The van der Waals surface area contributed by atoms with Gasteiger partial charge in [0.05, 0.1) is 10.6 Å². The predicted octanol–water partition coefficient (Wildman–Crippen LogP) is 5.04. The standard InChI is InChI=1S/C15H9Cl2FN2O/c16-9-3-1-8(2-4-9)14-13(15(19)20-21-14)11-6-5-10(18)7-12(11)17/h1-7H,(H2,19,20). The molecule has 0 bridgehead atoms. The lowest BCUT2D eigenvalue weighted by atomic mass is 10.0. The van der Waals surface area contributed by atoms with Crippen molar-refractivity contribution in [3.05, 3.63) is 58.3 Å². The SMILES string of the molecule is Nc1noc(-c2ccc(Cl)cc2)c1-c1ccc(F)cc1Cl. The third-order valence-corrected chi connectivity index (χ3v) is 3.59. The Balaban J connectivity index is 2.19. The van der Waals surface area contributed by atoms with Crippen LogP contribution in [0.5, 0.6) is 0 Å². The lowest BCUT2D eigenvalue weighted by Crippen LogP contribution is -1.90. The van der Waals surface area contributed by atoms with Gasteiger partial charge >= 0.3 is 0 Å². The Bertz CT molecular complexity index is 800. The number of hydrogen-bond acceptors (Lipinski definition) is 3. The zero-order valence-electron chi connectivity index (χ0n) is 10.6. The summed E-state index contributed by atoms with van der Waals surface area (Å²) in [5, 5.41) is 4.61. The molecule has 0 radical (unpaired) electrons. The second-order valence-electron chi connectivity index (χ2n) is 4.40. The molecule has 6 heteroatoms. The van der Waals surface area contributed by atoms with Crippen LogP contribution in [-0.2, 0) is 0 Å². The Hall–Kier alpha value is -2.04. The van der Waals surface area contributed by atoms with Crippen LogP contribution in [-0.4, -0.2) is 5.16 Å². The third kappa shape index (κ3) is 2.60. The summed E-state index contributed by atoms with van der Waals surface area (Å²) in [5.74, 6) is 0.220. The van der Waals surface area contributed by atoms with Crippen molar-refractivity contribution in [2.75, 3.05) is 5.73 Å². The molecule has 0 aliphatic rings. The zero-order chi connectivity index (χ0) is 15.0. The molecule has 0 aliphatic heterocycles. The maximum Gasteiger partial charge on any atom is 0.176 e. The summed E-state index contributed by atoms with van der Waals surface area (Å²) in [6, 6.07) is 11.1. The van der Waals surface area contributed by atoms with Gasteiger partial charge in [-0.3, -0.25) is 0 Å². The first-order chi connectivity index (χ1) is 10.1. The highest BCUT2D eigenvalue weighted by molar-refractivity contribution is 6.33. The van der Waals surface area contributed by atoms with Gasteiger partial charge in [-0.15, -0.1) is 0 Å². The molecule has 1 aromatic heterocycles. The van der Waals surface area contributed by atoms with Gasteiger partial charge in [-0.2, -0.15) is 0 Å². The van der Waals surface area contributed by atoms with Crippen LogP contribution in [0.15, 0.2) is 47.0 Å². The predicted molar refractivity (Wildman–Crippen MR) is 81.8 cm³/mol. The number of anilines is 1. The number of nitrogens with zero attached hydrogens (tertiary/aromatic N) is 1. The number of nitrogen functional groups attached to an aromatic ring is 1. The fourth-order valence-corrected chi connectivity index (χ4v) is 2.44. The summed E-state index contributed by atoms with van der Waals surface area (Å²) in [6.07, 6.45) is 0. The quantitative estimate of drug-likeness (QED) is 0.719. The molecular formula is C15H9Cl2FN2O. The van der Waals surface area contributed by atoms with E-state index in [2.05, 4.69) is 5.16 Å². The Morgan fingerprint density at radius 1 is 1.05 bits per heavy atom. The van der Waals surface area contributed by atoms with Crippen LogP contribution < -0.4 is 5.73 Å². The van der Waals surface area contributed by atoms with Gasteiger partial charge in [0.2, 0.25) is 0 Å². The number of benzene rings is 2. The fourth-order valence-electron chi connectivity index (χ4n) is 2.05. The van der Waals surface area contributed by atoms with Gasteiger partial charge in [-0.25, -0.2) is 4.39 Å². The molecule has 3 aromatic rings. The van der Waals surface area contributed by atoms with Crippen molar-refractivity contribution >= 4 is 29.0 Å². The zero-order valence-corrected chi connectivity index (χ0v) is 12.1. The van der Waals surface area contributed by atoms with Gasteiger partial charge in [0.15, 0.2) is 11.6 Å². The van der Waals surface area contributed by atoms with E-state index in [0.29, 0.717) is 21.9 Å². The van der Waals surface area contributed by atoms with E-state index >= 15 is 0 Å². The molecular weight excluding hydrogens is 314 g/mol. The van der Waals surface area contributed by atoms with E-state index in [1.807, 2.05) is 0 Å². The van der Waals surface area contributed by atoms with E-state index in [1.165, 1.54) is 12.1 Å². The number of rotatable bonds is 2. The summed E-state index contributed by atoms with van der Waals surface area (Å²) in [7, 11) is 0. The molecule has 0 amide bonds. The van der Waals surface area contributed by atoms with E-state index in [-0.39, 0.29) is 10.8 Å². The van der Waals surface area contributed by atoms with E-state index in [1.54, 1.807) is 30.3 Å². The largest absolute Gasteiger partial charge is 0.380 e. The smallest absolute Gasteiger partial charge is 0.176 e. The van der Waals surface area contributed by atoms with Crippen molar-refractivity contribution in [3.8, 4) is 22.5 Å². The third-order valence-electron chi connectivity index (χ3n) is 3.03. The van der Waals surface area contributed by atoms with Gasteiger partial charge in [0.1, 0.15) is 5.82 Å². The Labute approximate surface area is 130 Å². The summed E-state index contributed by atoms with van der Waals surface area (Å²) in [4.78, 5) is 0. The molecule has 0 saturated heterocycles. The van der Waals surface area contributed by atoms with Crippen molar-refractivity contribution in [1.29, 1.82) is 0 Å². The number of nitrogens with two attached hydrogens (primary N) is 1. The second kappa shape index (κ2) is 5.39. The molecule has 0 atom stereocenters. The van der Waals surface area contributed by atoms with Gasteiger partial charge in [0.25, 0.3) is 0 Å². The van der Waals surface area contributed by atoms with Crippen LogP contribution in [0.2, 0.25) is 10.0 Å². The number of hydrogen-bond donors (Lipinski definition) is 1. The van der Waals surface area contributed by atoms with Gasteiger partial charge in [0, 0.05) is 16.1 Å². The minimum atomic E-state index is -0.424. The van der Waals surface area contributed by atoms with Crippen LogP contribution >= 0.6 is 23.2 Å². The van der Waals surface area contributed by atoms with Crippen LogP contribution in [0, 0.1) is 5.82 Å². The van der Waals surface area contributed by atoms with E-state index in [0.717, 1.165) is 5.56 Å². The average Bonchev–Trinajstić information content (AvgIpc) is 2.82. The van der Waals surface area contributed by atoms with Crippen molar-refractivity contribution in [3.63, 3.8) is 0 Å². The van der Waals surface area contributed by atoms with Gasteiger partial charge in [-0.05, 0) is 42.5 Å². The lowest BCUT2D eigenvalue weighted by molar-refractivity contribution is 0.436. The summed E-state index contributed by atoms with van der Waals surface area (Å²) >= 11 is 12.0. The highest BCUT2D eigenvalue weighted by atomic mass is 35.5. The monoisotopic (exact) mass is 322 g/mol. The maximum atomic E-state index is 13.2. The molecule has 0 fully saturated rings. The van der Waals surface area contributed by atoms with Crippen molar-refractivity contribution in [1.82, 2.24) is 5.16 Å². The second-order valence-corrected chi connectivity index (χ2v) is 5.25. The average molecular weight is 323 g/mol. The highest BCUT2D eigenvalue weighted by Crippen LogP contribution is 2.40. The fraction of sp³-hybridized carbons (Fsp3) is 0. The van der Waals surface area contributed by atoms with Crippen LogP contribution in [0.1, 0.15) is 0 Å². The van der Waals surface area contributed by atoms with E-state index in [4.69, 9.17) is 33.5 Å². The van der Waals surface area contributed by atoms with E-state index < -0.39 is 5.82 Å². The molecule has 0 unspecified atom stereocenters. The van der Waals surface area contributed by atoms with Crippen LogP contribution in [0.25, 0.3) is 22.5 Å². The minimum absolute atomic E-state index is 0.188. The number of halogens is 3. The lowest BCUT2D eigenvalue weighted by Gasteiger charge is -2.05. The molecule has 3 rings (SSSR count). The highest BCUT2D eigenvalue weighted by Gasteiger charge is 2.20. The van der Waals surface area contributed by atoms with Crippen molar-refractivity contribution < 1.29 is 8.91 Å². The first-order valence-corrected chi connectivity index (χ1v) is 6.78. The summed E-state index contributed by atoms with van der Waals surface area (Å²) < 4.78 is 18.5. The van der Waals surface area contributed by atoms with Gasteiger partial charge < -0.3 is 10.3 Å². The Morgan fingerprint density at radius 3 is 2.43 bits per heavy atom. The van der Waals surface area contributed by atoms with Crippen LogP contribution in [0.4, 0.5) is 10.2 Å². The van der Waals surface area contributed by atoms with Crippen molar-refractivity contribution in [2.45, 2.75) is 0 Å². The number of aromatic nitrogens is 1. The summed E-state index contributed by atoms with van der Waals surface area (Å²) in [6.45, 7) is 0. The first kappa shape index (κ1) is 13.9. The molecule has 21 heavy (non-hydrogen) atoms. The normalized spacial score (nSPS) is 10.8. The molecule has 0 aliphatic carbocycles. The summed E-state index contributed by atoms with van der Waals surface area (Å²) in [5.41, 5.74) is 7.70. The van der Waals surface area contributed by atoms with Gasteiger partial charge in [-0.1, -0.05) is 28.4 Å². The van der Waals surface area contributed by atoms with Crippen LogP contribution in [0.3, 0.4) is 0 Å². The molecule has 2 aromatic carbocycles. The Kier molecular flexibility index (Phi) is 3.57. The topological polar surface area (TPSA) is 52.0 Å². The first-order valence-electron chi connectivity index (χ1n) is 6.03. The molecule has 1 heterocycles. The van der Waals surface area contributed by atoms with E-state index in [9.17, 15) is 4.39 Å². The molecule has 2 N–H and O–H groups in total. The van der Waals surface area contributed by atoms with Crippen molar-refractivity contribution in [2.24, 2.45) is 0 Å². The molecule has 0 saturated carbocycles.